The Morgan fingerprint density at radius 3 is 2.05 bits per heavy atom. The highest BCUT2D eigenvalue weighted by atomic mass is 35.5. The van der Waals surface area contributed by atoms with E-state index >= 15 is 0 Å². The first-order chi connectivity index (χ1) is 10.3. The zero-order valence-corrected chi connectivity index (χ0v) is 12.1. The van der Waals surface area contributed by atoms with Crippen LogP contribution in [-0.2, 0) is 11.0 Å². The lowest BCUT2D eigenvalue weighted by molar-refractivity contribution is -0.137. The molecule has 0 bridgehead atoms. The molecule has 0 spiro atoms. The monoisotopic (exact) mass is 347 g/mol. The second kappa shape index (κ2) is 6.40. The van der Waals surface area contributed by atoms with Crippen molar-refractivity contribution in [2.75, 3.05) is 0 Å². The Morgan fingerprint density at radius 2 is 1.59 bits per heavy atom. The molecule has 0 heterocycles. The molecule has 8 heteroatoms. The summed E-state index contributed by atoms with van der Waals surface area (Å²) in [7, 11) is 0. The molecule has 0 aliphatic carbocycles. The number of isocyanates is 1. The smallest absolute Gasteiger partial charge is 0.416 e. The van der Waals surface area contributed by atoms with Crippen LogP contribution in [0.2, 0.25) is 10.0 Å². The molecule has 0 saturated carbocycles. The number of rotatable bonds is 3. The molecule has 0 aliphatic heterocycles. The van der Waals surface area contributed by atoms with Crippen LogP contribution < -0.4 is 4.74 Å². The Hall–Kier alpha value is -2.01. The molecule has 0 N–H and O–H groups in total. The van der Waals surface area contributed by atoms with Crippen LogP contribution in [0.25, 0.3) is 0 Å². The molecule has 22 heavy (non-hydrogen) atoms. The van der Waals surface area contributed by atoms with Gasteiger partial charge in [-0.1, -0.05) is 23.2 Å². The summed E-state index contributed by atoms with van der Waals surface area (Å²) >= 11 is 11.9. The summed E-state index contributed by atoms with van der Waals surface area (Å²) in [6.07, 6.45) is -3.09. The number of hydrogen-bond acceptors (Lipinski definition) is 3. The zero-order chi connectivity index (χ0) is 16.3. The lowest BCUT2D eigenvalue weighted by Crippen LogP contribution is -2.04. The van der Waals surface area contributed by atoms with E-state index in [1.807, 2.05) is 0 Å². The standard InChI is InChI=1S/C14H6Cl2F3NO2/c15-11-5-9(20-7-21)6-12(16)13(11)22-10-3-1-8(2-4-10)14(17,18)19/h1-6H. The first-order valence-electron chi connectivity index (χ1n) is 5.73. The van der Waals surface area contributed by atoms with Crippen LogP contribution in [0.15, 0.2) is 41.4 Å². The van der Waals surface area contributed by atoms with Crippen molar-refractivity contribution in [2.24, 2.45) is 4.99 Å². The molecule has 2 aromatic rings. The van der Waals surface area contributed by atoms with E-state index in [0.29, 0.717) is 0 Å². The predicted molar refractivity (Wildman–Crippen MR) is 75.8 cm³/mol. The fourth-order valence-corrected chi connectivity index (χ4v) is 2.14. The van der Waals surface area contributed by atoms with Gasteiger partial charge in [0.2, 0.25) is 6.08 Å². The van der Waals surface area contributed by atoms with Gasteiger partial charge >= 0.3 is 6.18 Å². The van der Waals surface area contributed by atoms with Crippen molar-refractivity contribution in [3.63, 3.8) is 0 Å². The molecule has 0 atom stereocenters. The number of carbonyl (C=O) groups excluding carboxylic acids is 1. The normalized spacial score (nSPS) is 11.0. The Labute approximate surface area is 132 Å². The van der Waals surface area contributed by atoms with E-state index in [0.717, 1.165) is 24.3 Å². The lowest BCUT2D eigenvalue weighted by atomic mass is 10.2. The highest BCUT2D eigenvalue weighted by molar-refractivity contribution is 6.37. The Bertz CT molecular complexity index is 716. The number of nitrogens with zero attached hydrogens (tertiary/aromatic N) is 1. The number of alkyl halides is 3. The molecular formula is C14H6Cl2F3NO2. The van der Waals surface area contributed by atoms with E-state index in [-0.39, 0.29) is 27.2 Å². The molecule has 0 fully saturated rings. The largest absolute Gasteiger partial charge is 0.454 e. The first kappa shape index (κ1) is 16.4. The van der Waals surface area contributed by atoms with E-state index < -0.39 is 11.7 Å². The number of aliphatic imine (C=N–C) groups is 1. The van der Waals surface area contributed by atoms with Crippen molar-refractivity contribution >= 4 is 35.0 Å². The molecular weight excluding hydrogens is 342 g/mol. The minimum atomic E-state index is -4.43. The van der Waals surface area contributed by atoms with Crippen LogP contribution in [0.5, 0.6) is 11.5 Å². The Balaban J connectivity index is 2.29. The van der Waals surface area contributed by atoms with Gasteiger partial charge in [-0.05, 0) is 36.4 Å². The van der Waals surface area contributed by atoms with E-state index in [1.165, 1.54) is 18.2 Å². The molecule has 3 nitrogen and oxygen atoms in total. The van der Waals surface area contributed by atoms with E-state index in [1.54, 1.807) is 0 Å². The van der Waals surface area contributed by atoms with Crippen LogP contribution in [0, 0.1) is 0 Å². The second-order valence-corrected chi connectivity index (χ2v) is 4.88. The quantitative estimate of drug-likeness (QED) is 0.522. The van der Waals surface area contributed by atoms with Crippen molar-refractivity contribution in [1.29, 1.82) is 0 Å². The fourth-order valence-electron chi connectivity index (χ4n) is 1.59. The van der Waals surface area contributed by atoms with Gasteiger partial charge in [0.15, 0.2) is 5.75 Å². The minimum Gasteiger partial charge on any atom is -0.454 e. The topological polar surface area (TPSA) is 38.7 Å². The number of hydrogen-bond donors (Lipinski definition) is 0. The van der Waals surface area contributed by atoms with Gasteiger partial charge in [-0.15, -0.1) is 0 Å². The van der Waals surface area contributed by atoms with Gasteiger partial charge in [0.25, 0.3) is 0 Å². The second-order valence-electron chi connectivity index (χ2n) is 4.07. The van der Waals surface area contributed by atoms with Crippen LogP contribution >= 0.6 is 23.2 Å². The summed E-state index contributed by atoms with van der Waals surface area (Å²) in [5.41, 5.74) is -0.613. The molecule has 114 valence electrons. The Kier molecular flexibility index (Phi) is 4.76. The molecule has 2 rings (SSSR count). The third-order valence-electron chi connectivity index (χ3n) is 2.56. The first-order valence-corrected chi connectivity index (χ1v) is 6.49. The maximum absolute atomic E-state index is 12.5. The minimum absolute atomic E-state index is 0.0490. The molecule has 0 saturated heterocycles. The van der Waals surface area contributed by atoms with Gasteiger partial charge in [-0.2, -0.15) is 18.2 Å². The maximum Gasteiger partial charge on any atom is 0.416 e. The maximum atomic E-state index is 12.5. The van der Waals surface area contributed by atoms with Gasteiger partial charge in [-0.25, -0.2) is 4.79 Å². The molecule has 0 aromatic heterocycles. The van der Waals surface area contributed by atoms with Crippen molar-refractivity contribution in [3.05, 3.63) is 52.0 Å². The molecule has 0 amide bonds. The molecule has 0 unspecified atom stereocenters. The van der Waals surface area contributed by atoms with Gasteiger partial charge in [-0.3, -0.25) is 0 Å². The number of halogens is 5. The molecule has 2 aromatic carbocycles. The van der Waals surface area contributed by atoms with Gasteiger partial charge in [0.05, 0.1) is 21.3 Å². The third-order valence-corrected chi connectivity index (χ3v) is 3.12. The third kappa shape index (κ3) is 3.80. The summed E-state index contributed by atoms with van der Waals surface area (Å²) in [5, 5.41) is 0.114. The van der Waals surface area contributed by atoms with Crippen molar-refractivity contribution in [2.45, 2.75) is 6.18 Å². The van der Waals surface area contributed by atoms with Gasteiger partial charge in [0, 0.05) is 0 Å². The van der Waals surface area contributed by atoms with Gasteiger partial charge < -0.3 is 4.74 Å². The van der Waals surface area contributed by atoms with Crippen molar-refractivity contribution in [1.82, 2.24) is 0 Å². The average molecular weight is 348 g/mol. The van der Waals surface area contributed by atoms with Gasteiger partial charge in [0.1, 0.15) is 5.75 Å². The van der Waals surface area contributed by atoms with Crippen molar-refractivity contribution < 1.29 is 22.7 Å². The summed E-state index contributed by atoms with van der Waals surface area (Å²) in [4.78, 5) is 13.5. The van der Waals surface area contributed by atoms with Crippen LogP contribution in [0.1, 0.15) is 5.56 Å². The molecule has 0 radical (unpaired) electrons. The van der Waals surface area contributed by atoms with E-state index in [4.69, 9.17) is 27.9 Å². The number of ether oxygens (including phenoxy) is 1. The van der Waals surface area contributed by atoms with Crippen LogP contribution in [0.4, 0.5) is 18.9 Å². The fraction of sp³-hybridized carbons (Fsp3) is 0.0714. The van der Waals surface area contributed by atoms with Crippen LogP contribution in [-0.4, -0.2) is 6.08 Å². The summed E-state index contributed by atoms with van der Waals surface area (Å²) in [6, 6.07) is 6.68. The van der Waals surface area contributed by atoms with Crippen LogP contribution in [0.3, 0.4) is 0 Å². The average Bonchev–Trinajstić information content (AvgIpc) is 2.43. The highest BCUT2D eigenvalue weighted by Gasteiger charge is 2.30. The zero-order valence-electron chi connectivity index (χ0n) is 10.6. The predicted octanol–water partition coefficient (Wildman–Crippen LogP) is 5.77. The summed E-state index contributed by atoms with van der Waals surface area (Å²) < 4.78 is 42.8. The summed E-state index contributed by atoms with van der Waals surface area (Å²) in [5.74, 6) is 0.177. The molecule has 0 aliphatic rings. The Morgan fingerprint density at radius 1 is 1.05 bits per heavy atom. The lowest BCUT2D eigenvalue weighted by Gasteiger charge is -2.11. The highest BCUT2D eigenvalue weighted by Crippen LogP contribution is 2.40. The van der Waals surface area contributed by atoms with Crippen molar-refractivity contribution in [3.8, 4) is 11.5 Å². The SMILES string of the molecule is O=C=Nc1cc(Cl)c(Oc2ccc(C(F)(F)F)cc2)c(Cl)c1. The van der Waals surface area contributed by atoms with E-state index in [2.05, 4.69) is 4.99 Å². The van der Waals surface area contributed by atoms with E-state index in [9.17, 15) is 18.0 Å². The summed E-state index contributed by atoms with van der Waals surface area (Å²) in [6.45, 7) is 0. The number of benzene rings is 2.